The first kappa shape index (κ1) is 14.2. The molecule has 4 heteroatoms. The van der Waals surface area contributed by atoms with Crippen LogP contribution in [0, 0.1) is 11.3 Å². The lowest BCUT2D eigenvalue weighted by atomic mass is 9.64. The minimum absolute atomic E-state index is 0.150. The molecule has 2 aliphatic heterocycles. The molecular weight excluding hydrogens is 250 g/mol. The normalized spacial score (nSPS) is 40.4. The van der Waals surface area contributed by atoms with Gasteiger partial charge in [0.1, 0.15) is 0 Å². The molecule has 0 aromatic heterocycles. The first-order valence-electron chi connectivity index (χ1n) is 8.09. The van der Waals surface area contributed by atoms with Gasteiger partial charge in [0.25, 0.3) is 0 Å². The molecule has 2 N–H and O–H groups in total. The third-order valence-electron chi connectivity index (χ3n) is 5.23. The standard InChI is InChI=1S/C16H29N3O/c1-12-7-15(2,3)10-16(8-12)11-18-14(17)19(16)9-13-5-4-6-20-13/h12-13H,4-11H2,1-3H3,(H2,17,18). The Morgan fingerprint density at radius 1 is 1.40 bits per heavy atom. The summed E-state index contributed by atoms with van der Waals surface area (Å²) in [7, 11) is 0. The van der Waals surface area contributed by atoms with Gasteiger partial charge < -0.3 is 15.4 Å². The Morgan fingerprint density at radius 3 is 2.85 bits per heavy atom. The van der Waals surface area contributed by atoms with Gasteiger partial charge in [0, 0.05) is 13.2 Å². The van der Waals surface area contributed by atoms with Gasteiger partial charge in [-0.15, -0.1) is 0 Å². The third kappa shape index (κ3) is 2.54. The van der Waals surface area contributed by atoms with Crippen LogP contribution in [0.1, 0.15) is 52.9 Å². The van der Waals surface area contributed by atoms with E-state index in [1.54, 1.807) is 0 Å². The van der Waals surface area contributed by atoms with Crippen molar-refractivity contribution in [3.05, 3.63) is 0 Å². The molecule has 3 rings (SSSR count). The van der Waals surface area contributed by atoms with E-state index in [0.717, 1.165) is 31.6 Å². The van der Waals surface area contributed by atoms with E-state index in [-0.39, 0.29) is 5.54 Å². The largest absolute Gasteiger partial charge is 0.376 e. The molecule has 1 aliphatic carbocycles. The monoisotopic (exact) mass is 279 g/mol. The molecule has 0 aromatic carbocycles. The molecular formula is C16H29N3O. The van der Waals surface area contributed by atoms with Gasteiger partial charge in [0.15, 0.2) is 5.96 Å². The number of ether oxygens (including phenoxy) is 1. The maximum absolute atomic E-state index is 6.22. The number of nitrogens with zero attached hydrogens (tertiary/aromatic N) is 2. The Kier molecular flexibility index (Phi) is 3.47. The number of rotatable bonds is 2. The maximum atomic E-state index is 6.22. The summed E-state index contributed by atoms with van der Waals surface area (Å²) in [6.07, 6.45) is 6.42. The Labute approximate surface area is 122 Å². The molecule has 2 fully saturated rings. The lowest BCUT2D eigenvalue weighted by Crippen LogP contribution is -2.58. The molecule has 4 nitrogen and oxygen atoms in total. The van der Waals surface area contributed by atoms with Gasteiger partial charge in [-0.2, -0.15) is 0 Å². The van der Waals surface area contributed by atoms with Crippen molar-refractivity contribution >= 4 is 5.96 Å². The number of hydrogen-bond donors (Lipinski definition) is 1. The summed E-state index contributed by atoms with van der Waals surface area (Å²) in [4.78, 5) is 6.99. The minimum atomic E-state index is 0.150. The Balaban J connectivity index is 1.79. The van der Waals surface area contributed by atoms with Gasteiger partial charge in [-0.25, -0.2) is 0 Å². The van der Waals surface area contributed by atoms with Crippen LogP contribution in [0.2, 0.25) is 0 Å². The second-order valence-electron chi connectivity index (χ2n) is 8.00. The second-order valence-corrected chi connectivity index (χ2v) is 8.00. The maximum Gasteiger partial charge on any atom is 0.191 e. The van der Waals surface area contributed by atoms with Crippen LogP contribution in [0.3, 0.4) is 0 Å². The fourth-order valence-electron chi connectivity index (χ4n) is 4.95. The fraction of sp³-hybridized carbons (Fsp3) is 0.938. The number of aliphatic imine (C=N–C) groups is 1. The van der Waals surface area contributed by atoms with Crippen molar-refractivity contribution in [1.29, 1.82) is 0 Å². The van der Waals surface area contributed by atoms with E-state index >= 15 is 0 Å². The summed E-state index contributed by atoms with van der Waals surface area (Å²) in [5.74, 6) is 1.48. The lowest BCUT2D eigenvalue weighted by Gasteiger charge is -2.50. The molecule has 3 unspecified atom stereocenters. The average Bonchev–Trinajstić information content (AvgIpc) is 2.91. The zero-order valence-corrected chi connectivity index (χ0v) is 13.2. The van der Waals surface area contributed by atoms with Crippen LogP contribution in [0.4, 0.5) is 0 Å². The molecule has 1 saturated carbocycles. The van der Waals surface area contributed by atoms with Crippen LogP contribution >= 0.6 is 0 Å². The summed E-state index contributed by atoms with van der Waals surface area (Å²) >= 11 is 0. The van der Waals surface area contributed by atoms with Gasteiger partial charge in [-0.05, 0) is 43.4 Å². The molecule has 0 bridgehead atoms. The summed E-state index contributed by atoms with van der Waals surface area (Å²) in [5.41, 5.74) is 6.75. The van der Waals surface area contributed by atoms with Crippen LogP contribution in [0.5, 0.6) is 0 Å². The molecule has 114 valence electrons. The van der Waals surface area contributed by atoms with Crippen LogP contribution in [-0.2, 0) is 4.74 Å². The lowest BCUT2D eigenvalue weighted by molar-refractivity contribution is 0.00890. The topological polar surface area (TPSA) is 50.8 Å². The summed E-state index contributed by atoms with van der Waals surface area (Å²) in [6.45, 7) is 9.87. The van der Waals surface area contributed by atoms with Crippen LogP contribution in [0.15, 0.2) is 4.99 Å². The SMILES string of the molecule is CC1CC(C)(C)CC2(CN=C(N)N2CC2CCCO2)C1. The molecule has 3 atom stereocenters. The molecule has 1 saturated heterocycles. The Bertz CT molecular complexity index is 401. The predicted octanol–water partition coefficient (Wildman–Crippen LogP) is 2.38. The second kappa shape index (κ2) is 4.90. The third-order valence-corrected chi connectivity index (χ3v) is 5.23. The minimum Gasteiger partial charge on any atom is -0.376 e. The number of nitrogens with two attached hydrogens (primary N) is 1. The van der Waals surface area contributed by atoms with Gasteiger partial charge >= 0.3 is 0 Å². The van der Waals surface area contributed by atoms with Crippen molar-refractivity contribution in [2.24, 2.45) is 22.1 Å². The molecule has 1 spiro atoms. The van der Waals surface area contributed by atoms with E-state index in [1.807, 2.05) is 0 Å². The highest BCUT2D eigenvalue weighted by molar-refractivity contribution is 5.81. The number of hydrogen-bond acceptors (Lipinski definition) is 4. The van der Waals surface area contributed by atoms with Crippen LogP contribution in [-0.4, -0.2) is 42.2 Å². The first-order valence-corrected chi connectivity index (χ1v) is 8.09. The van der Waals surface area contributed by atoms with Crippen molar-refractivity contribution in [3.8, 4) is 0 Å². The van der Waals surface area contributed by atoms with Gasteiger partial charge in [0.05, 0.1) is 18.2 Å². The molecule has 2 heterocycles. The van der Waals surface area contributed by atoms with Crippen LogP contribution < -0.4 is 5.73 Å². The van der Waals surface area contributed by atoms with E-state index in [4.69, 9.17) is 10.5 Å². The van der Waals surface area contributed by atoms with Crippen molar-refractivity contribution in [3.63, 3.8) is 0 Å². The van der Waals surface area contributed by atoms with Gasteiger partial charge in [-0.3, -0.25) is 4.99 Å². The molecule has 0 aromatic rings. The molecule has 20 heavy (non-hydrogen) atoms. The Morgan fingerprint density at radius 2 is 2.20 bits per heavy atom. The van der Waals surface area contributed by atoms with E-state index < -0.39 is 0 Å². The van der Waals surface area contributed by atoms with E-state index in [0.29, 0.717) is 11.5 Å². The van der Waals surface area contributed by atoms with E-state index in [1.165, 1.54) is 32.1 Å². The van der Waals surface area contributed by atoms with Crippen molar-refractivity contribution < 1.29 is 4.74 Å². The van der Waals surface area contributed by atoms with Gasteiger partial charge in [-0.1, -0.05) is 20.8 Å². The molecule has 0 radical (unpaired) electrons. The summed E-state index contributed by atoms with van der Waals surface area (Å²) in [6, 6.07) is 0. The van der Waals surface area contributed by atoms with Crippen molar-refractivity contribution in [2.75, 3.05) is 19.7 Å². The smallest absolute Gasteiger partial charge is 0.191 e. The fourth-order valence-corrected chi connectivity index (χ4v) is 4.95. The van der Waals surface area contributed by atoms with Gasteiger partial charge in [0.2, 0.25) is 0 Å². The highest BCUT2D eigenvalue weighted by atomic mass is 16.5. The average molecular weight is 279 g/mol. The zero-order chi connectivity index (χ0) is 14.4. The van der Waals surface area contributed by atoms with E-state index in [2.05, 4.69) is 30.7 Å². The Hall–Kier alpha value is -0.770. The first-order chi connectivity index (χ1) is 9.40. The van der Waals surface area contributed by atoms with Crippen molar-refractivity contribution in [1.82, 2.24) is 4.90 Å². The van der Waals surface area contributed by atoms with E-state index in [9.17, 15) is 0 Å². The molecule has 3 aliphatic rings. The summed E-state index contributed by atoms with van der Waals surface area (Å²) < 4.78 is 5.82. The van der Waals surface area contributed by atoms with Crippen molar-refractivity contribution in [2.45, 2.75) is 64.5 Å². The quantitative estimate of drug-likeness (QED) is 0.844. The number of guanidine groups is 1. The summed E-state index contributed by atoms with van der Waals surface area (Å²) in [5, 5.41) is 0. The highest BCUT2D eigenvalue weighted by Crippen LogP contribution is 2.48. The van der Waals surface area contributed by atoms with Crippen LogP contribution in [0.25, 0.3) is 0 Å². The molecule has 0 amide bonds. The predicted molar refractivity (Wildman–Crippen MR) is 81.7 cm³/mol. The zero-order valence-electron chi connectivity index (χ0n) is 13.2. The highest BCUT2D eigenvalue weighted by Gasteiger charge is 2.50.